The molecule has 0 bridgehead atoms. The van der Waals surface area contributed by atoms with E-state index in [4.69, 9.17) is 0 Å². The molecule has 1 saturated heterocycles. The van der Waals surface area contributed by atoms with Crippen LogP contribution in [0.25, 0.3) is 0 Å². The van der Waals surface area contributed by atoms with E-state index in [1.807, 2.05) is 7.05 Å². The third-order valence-corrected chi connectivity index (χ3v) is 3.72. The van der Waals surface area contributed by atoms with E-state index in [0.717, 1.165) is 44.7 Å². The average molecular weight is 247 g/mol. The molecule has 16 heavy (non-hydrogen) atoms. The molecule has 4 heteroatoms. The maximum absolute atomic E-state index is 11.8. The lowest BCUT2D eigenvalue weighted by atomic mass is 10.0. The first-order valence-corrected chi connectivity index (χ1v) is 6.24. The molecule has 0 atom stereocenters. The summed E-state index contributed by atoms with van der Waals surface area (Å²) in [6.07, 6.45) is 6.86. The normalized spacial score (nSPS) is 21.7. The van der Waals surface area contributed by atoms with E-state index >= 15 is 0 Å². The smallest absolute Gasteiger partial charge is 0.222 e. The minimum atomic E-state index is 0. The van der Waals surface area contributed by atoms with E-state index < -0.39 is 0 Å². The van der Waals surface area contributed by atoms with Crippen LogP contribution in [0.2, 0.25) is 0 Å². The molecule has 1 N–H and O–H groups in total. The molecule has 2 rings (SSSR count). The number of amides is 1. The first-order chi connectivity index (χ1) is 7.29. The van der Waals surface area contributed by atoms with Crippen LogP contribution in [0.3, 0.4) is 0 Å². The predicted octanol–water partition coefficient (Wildman–Crippen LogP) is 1.81. The number of likely N-dealkylation sites (tertiary alicyclic amines) is 1. The second kappa shape index (κ2) is 6.45. The van der Waals surface area contributed by atoms with E-state index in [9.17, 15) is 4.79 Å². The summed E-state index contributed by atoms with van der Waals surface area (Å²) >= 11 is 0. The van der Waals surface area contributed by atoms with Gasteiger partial charge in [-0.2, -0.15) is 0 Å². The number of piperidine rings is 1. The van der Waals surface area contributed by atoms with Crippen molar-refractivity contribution in [3.8, 4) is 0 Å². The van der Waals surface area contributed by atoms with Gasteiger partial charge >= 0.3 is 0 Å². The Bertz CT molecular complexity index is 223. The summed E-state index contributed by atoms with van der Waals surface area (Å²) in [5.41, 5.74) is 0. The van der Waals surface area contributed by atoms with Gasteiger partial charge in [0.05, 0.1) is 0 Å². The topological polar surface area (TPSA) is 32.3 Å². The van der Waals surface area contributed by atoms with Gasteiger partial charge in [0.15, 0.2) is 0 Å². The zero-order valence-electron chi connectivity index (χ0n) is 10.1. The van der Waals surface area contributed by atoms with Crippen molar-refractivity contribution in [1.29, 1.82) is 0 Å². The van der Waals surface area contributed by atoms with Gasteiger partial charge in [-0.05, 0) is 32.2 Å². The number of hydrogen-bond donors (Lipinski definition) is 1. The lowest BCUT2D eigenvalue weighted by Crippen LogP contribution is -2.43. The van der Waals surface area contributed by atoms with Crippen molar-refractivity contribution in [2.24, 2.45) is 5.92 Å². The standard InChI is InChI=1S/C12H22N2O.ClH/c1-13-11-6-8-14(9-7-11)12(15)5-4-10-2-3-10;/h10-11,13H,2-9H2,1H3;1H. The highest BCUT2D eigenvalue weighted by atomic mass is 35.5. The summed E-state index contributed by atoms with van der Waals surface area (Å²) < 4.78 is 0. The SMILES string of the molecule is CNC1CCN(C(=O)CCC2CC2)CC1.Cl. The summed E-state index contributed by atoms with van der Waals surface area (Å²) in [5, 5.41) is 3.29. The Morgan fingerprint density at radius 1 is 1.25 bits per heavy atom. The van der Waals surface area contributed by atoms with Crippen LogP contribution in [0.4, 0.5) is 0 Å². The molecule has 0 aromatic carbocycles. The fourth-order valence-electron chi connectivity index (χ4n) is 2.31. The van der Waals surface area contributed by atoms with Crippen molar-refractivity contribution in [1.82, 2.24) is 10.2 Å². The van der Waals surface area contributed by atoms with Gasteiger partial charge in [-0.25, -0.2) is 0 Å². The minimum absolute atomic E-state index is 0. The molecule has 0 unspecified atom stereocenters. The zero-order chi connectivity index (χ0) is 10.7. The molecular formula is C12H23ClN2O. The third-order valence-electron chi connectivity index (χ3n) is 3.72. The van der Waals surface area contributed by atoms with Gasteiger partial charge in [0, 0.05) is 25.6 Å². The molecule has 1 aliphatic carbocycles. The molecule has 0 aromatic heterocycles. The van der Waals surface area contributed by atoms with E-state index in [1.165, 1.54) is 12.8 Å². The molecule has 1 amide bonds. The summed E-state index contributed by atoms with van der Waals surface area (Å²) in [4.78, 5) is 13.9. The van der Waals surface area contributed by atoms with E-state index in [2.05, 4.69) is 10.2 Å². The monoisotopic (exact) mass is 246 g/mol. The minimum Gasteiger partial charge on any atom is -0.343 e. The number of rotatable bonds is 4. The van der Waals surface area contributed by atoms with E-state index in [-0.39, 0.29) is 12.4 Å². The molecule has 1 heterocycles. The van der Waals surface area contributed by atoms with Gasteiger partial charge in [0.1, 0.15) is 0 Å². The average Bonchev–Trinajstić information content (AvgIpc) is 3.10. The third kappa shape index (κ3) is 3.95. The fraction of sp³-hybridized carbons (Fsp3) is 0.917. The van der Waals surface area contributed by atoms with Crippen LogP contribution in [0.1, 0.15) is 38.5 Å². The van der Waals surface area contributed by atoms with Crippen LogP contribution in [0.5, 0.6) is 0 Å². The summed E-state index contributed by atoms with van der Waals surface area (Å²) in [5.74, 6) is 1.26. The Morgan fingerprint density at radius 2 is 1.88 bits per heavy atom. The predicted molar refractivity (Wildman–Crippen MR) is 67.9 cm³/mol. The van der Waals surface area contributed by atoms with Crippen molar-refractivity contribution < 1.29 is 4.79 Å². The number of nitrogens with zero attached hydrogens (tertiary/aromatic N) is 1. The van der Waals surface area contributed by atoms with E-state index in [0.29, 0.717) is 11.9 Å². The molecule has 0 aromatic rings. The van der Waals surface area contributed by atoms with Crippen LogP contribution in [-0.2, 0) is 4.79 Å². The summed E-state index contributed by atoms with van der Waals surface area (Å²) in [6, 6.07) is 0.623. The quantitative estimate of drug-likeness (QED) is 0.821. The van der Waals surface area contributed by atoms with Crippen LogP contribution >= 0.6 is 12.4 Å². The van der Waals surface area contributed by atoms with Crippen molar-refractivity contribution in [2.75, 3.05) is 20.1 Å². The number of hydrogen-bond acceptors (Lipinski definition) is 2. The Kier molecular flexibility index (Phi) is 5.56. The van der Waals surface area contributed by atoms with Gasteiger partial charge in [-0.15, -0.1) is 12.4 Å². The second-order valence-corrected chi connectivity index (χ2v) is 4.93. The molecule has 3 nitrogen and oxygen atoms in total. The number of halogens is 1. The Morgan fingerprint density at radius 3 is 2.38 bits per heavy atom. The first-order valence-electron chi connectivity index (χ1n) is 6.24. The van der Waals surface area contributed by atoms with Crippen LogP contribution < -0.4 is 5.32 Å². The molecule has 0 radical (unpaired) electrons. The first kappa shape index (κ1) is 13.8. The maximum atomic E-state index is 11.8. The highest BCUT2D eigenvalue weighted by molar-refractivity contribution is 5.85. The van der Waals surface area contributed by atoms with E-state index in [1.54, 1.807) is 0 Å². The van der Waals surface area contributed by atoms with Crippen LogP contribution in [0, 0.1) is 5.92 Å². The Labute approximate surface area is 104 Å². The highest BCUT2D eigenvalue weighted by Gasteiger charge is 2.25. The van der Waals surface area contributed by atoms with Gasteiger partial charge < -0.3 is 10.2 Å². The van der Waals surface area contributed by atoms with Gasteiger partial charge in [0.25, 0.3) is 0 Å². The summed E-state index contributed by atoms with van der Waals surface area (Å²) in [6.45, 7) is 1.91. The van der Waals surface area contributed by atoms with Crippen molar-refractivity contribution in [3.05, 3.63) is 0 Å². The lowest BCUT2D eigenvalue weighted by Gasteiger charge is -2.31. The zero-order valence-corrected chi connectivity index (χ0v) is 10.9. The number of nitrogens with one attached hydrogen (secondary N) is 1. The second-order valence-electron chi connectivity index (χ2n) is 4.93. The van der Waals surface area contributed by atoms with Gasteiger partial charge in [-0.1, -0.05) is 12.8 Å². The summed E-state index contributed by atoms with van der Waals surface area (Å²) in [7, 11) is 2.01. The van der Waals surface area contributed by atoms with Gasteiger partial charge in [0.2, 0.25) is 5.91 Å². The molecule has 94 valence electrons. The molecule has 1 aliphatic heterocycles. The molecule has 0 spiro atoms. The molecular weight excluding hydrogens is 224 g/mol. The van der Waals surface area contributed by atoms with Crippen LogP contribution in [-0.4, -0.2) is 37.0 Å². The van der Waals surface area contributed by atoms with Gasteiger partial charge in [-0.3, -0.25) is 4.79 Å². The van der Waals surface area contributed by atoms with Crippen LogP contribution in [0.15, 0.2) is 0 Å². The van der Waals surface area contributed by atoms with Crippen molar-refractivity contribution in [3.63, 3.8) is 0 Å². The molecule has 2 aliphatic rings. The Hall–Kier alpha value is -0.280. The Balaban J connectivity index is 0.00000128. The number of carbonyl (C=O) groups excluding carboxylic acids is 1. The highest BCUT2D eigenvalue weighted by Crippen LogP contribution is 2.33. The molecule has 2 fully saturated rings. The largest absolute Gasteiger partial charge is 0.343 e. The molecule has 1 saturated carbocycles. The van der Waals surface area contributed by atoms with Crippen molar-refractivity contribution >= 4 is 18.3 Å². The number of carbonyl (C=O) groups is 1. The maximum Gasteiger partial charge on any atom is 0.222 e. The van der Waals surface area contributed by atoms with Crippen molar-refractivity contribution in [2.45, 2.75) is 44.6 Å². The lowest BCUT2D eigenvalue weighted by molar-refractivity contribution is -0.132. The fourth-order valence-corrected chi connectivity index (χ4v) is 2.31.